The zero-order chi connectivity index (χ0) is 24.5. The molecule has 34 heavy (non-hydrogen) atoms. The maximum Gasteiger partial charge on any atom is 0.353 e. The topological polar surface area (TPSA) is 146 Å². The van der Waals surface area contributed by atoms with Crippen LogP contribution in [-0.2, 0) is 31.8 Å². The molecule has 1 saturated heterocycles. The molecule has 1 fully saturated rings. The van der Waals surface area contributed by atoms with Crippen molar-refractivity contribution in [3.8, 4) is 0 Å². The molecule has 0 atom stereocenters. The first-order chi connectivity index (χ1) is 16.4. The number of benzene rings is 1. The average Bonchev–Trinajstić information content (AvgIpc) is 3.31. The predicted molar refractivity (Wildman–Crippen MR) is 126 cm³/mol. The van der Waals surface area contributed by atoms with Gasteiger partial charge < -0.3 is 15.4 Å². The highest BCUT2D eigenvalue weighted by Crippen LogP contribution is 2.34. The number of ether oxygens (including phenoxy) is 1. The van der Waals surface area contributed by atoms with Crippen LogP contribution in [-0.4, -0.2) is 59.1 Å². The van der Waals surface area contributed by atoms with Crippen molar-refractivity contribution < 1.29 is 23.7 Å². The number of nitrogens with two attached hydrogens (primary N) is 1. The van der Waals surface area contributed by atoms with Crippen LogP contribution in [0, 0.1) is 10.1 Å². The van der Waals surface area contributed by atoms with Crippen molar-refractivity contribution in [3.05, 3.63) is 45.5 Å². The van der Waals surface area contributed by atoms with E-state index in [1.807, 2.05) is 24.3 Å². The summed E-state index contributed by atoms with van der Waals surface area (Å²) < 4.78 is 9.90. The number of aromatic nitrogens is 2. The lowest BCUT2D eigenvalue weighted by Crippen LogP contribution is -2.33. The highest BCUT2D eigenvalue weighted by molar-refractivity contribution is 7.94. The van der Waals surface area contributed by atoms with Crippen molar-refractivity contribution in [3.63, 3.8) is 0 Å². The Bertz CT molecular complexity index is 1000. The molecular formula is C21H28N6O6S. The Morgan fingerprint density at radius 3 is 2.62 bits per heavy atom. The number of rotatable bonds is 12. The number of esters is 1. The van der Waals surface area contributed by atoms with Gasteiger partial charge in [-0.15, -0.1) is 0 Å². The Morgan fingerprint density at radius 1 is 1.26 bits per heavy atom. The Labute approximate surface area is 201 Å². The van der Waals surface area contributed by atoms with E-state index in [0.717, 1.165) is 43.6 Å². The highest BCUT2D eigenvalue weighted by Gasteiger charge is 2.30. The molecule has 1 aliphatic rings. The lowest BCUT2D eigenvalue weighted by atomic mass is 10.1. The Kier molecular flexibility index (Phi) is 9.39. The molecule has 0 aliphatic carbocycles. The second-order valence-electron chi connectivity index (χ2n) is 7.55. The normalized spacial score (nSPS) is 13.7. The lowest BCUT2D eigenvalue weighted by molar-refractivity contribution is -0.383. The van der Waals surface area contributed by atoms with E-state index in [2.05, 4.69) is 19.8 Å². The molecule has 2 heterocycles. The van der Waals surface area contributed by atoms with Crippen molar-refractivity contribution in [2.24, 2.45) is 0 Å². The molecular weight excluding hydrogens is 464 g/mol. The number of hydrogen-bond donors (Lipinski definition) is 1. The van der Waals surface area contributed by atoms with Crippen molar-refractivity contribution in [2.45, 2.75) is 38.0 Å². The zero-order valence-corrected chi connectivity index (χ0v) is 20.0. The zero-order valence-electron chi connectivity index (χ0n) is 19.1. The fraction of sp³-hybridized carbons (Fsp3) is 0.476. The molecule has 0 spiro atoms. The first-order valence-electron chi connectivity index (χ1n) is 10.8. The maximum atomic E-state index is 12.4. The first kappa shape index (κ1) is 25.6. The molecule has 0 unspecified atom stereocenters. The summed E-state index contributed by atoms with van der Waals surface area (Å²) in [5, 5.41) is 11.9. The Morgan fingerprint density at radius 2 is 1.97 bits per heavy atom. The summed E-state index contributed by atoms with van der Waals surface area (Å²) in [4.78, 5) is 40.2. The summed E-state index contributed by atoms with van der Waals surface area (Å²) in [5.41, 5.74) is 7.38. The number of nitro groups is 1. The van der Waals surface area contributed by atoms with E-state index in [9.17, 15) is 14.9 Å². The van der Waals surface area contributed by atoms with Gasteiger partial charge >= 0.3 is 11.7 Å². The van der Waals surface area contributed by atoms with Crippen molar-refractivity contribution in [2.75, 3.05) is 44.0 Å². The summed E-state index contributed by atoms with van der Waals surface area (Å²) >= 11 is 0.650. The summed E-state index contributed by atoms with van der Waals surface area (Å²) in [6.07, 6.45) is 2.32. The van der Waals surface area contributed by atoms with Crippen LogP contribution < -0.4 is 10.6 Å². The van der Waals surface area contributed by atoms with Crippen LogP contribution in [0.1, 0.15) is 30.9 Å². The van der Waals surface area contributed by atoms with Gasteiger partial charge in [-0.25, -0.2) is 4.89 Å². The van der Waals surface area contributed by atoms with Crippen LogP contribution in [0.5, 0.6) is 0 Å². The van der Waals surface area contributed by atoms with Gasteiger partial charge in [0.1, 0.15) is 18.6 Å². The van der Waals surface area contributed by atoms with E-state index in [0.29, 0.717) is 12.0 Å². The largest absolute Gasteiger partial charge is 0.465 e. The standard InChI is InChI=1S/C21H28N6O6S/c1-3-32-17(28)14-26(13-16-9-5-4-8-15(16)12-25-10-6-7-11-25)20-18(27(29)30)19(22)23-21(24-20)34-33-31-2/h4-5,8-9H,3,6-7,10-14H2,1-2H3,(H2,22,23,24). The van der Waals surface area contributed by atoms with Crippen molar-refractivity contribution in [1.82, 2.24) is 14.9 Å². The van der Waals surface area contributed by atoms with E-state index in [1.54, 1.807) is 6.92 Å². The van der Waals surface area contributed by atoms with E-state index < -0.39 is 16.6 Å². The monoisotopic (exact) mass is 492 g/mol. The molecule has 0 amide bonds. The molecule has 0 saturated carbocycles. The molecule has 1 aromatic heterocycles. The fourth-order valence-corrected chi connectivity index (χ4v) is 4.15. The molecule has 1 aliphatic heterocycles. The molecule has 2 N–H and O–H groups in total. The number of likely N-dealkylation sites (tertiary alicyclic amines) is 1. The van der Waals surface area contributed by atoms with E-state index in [4.69, 9.17) is 14.8 Å². The predicted octanol–water partition coefficient (Wildman–Crippen LogP) is 2.72. The third-order valence-corrected chi connectivity index (χ3v) is 5.76. The van der Waals surface area contributed by atoms with Crippen LogP contribution >= 0.6 is 12.0 Å². The number of carbonyl (C=O) groups is 1. The molecule has 2 aromatic rings. The number of carbonyl (C=O) groups excluding carboxylic acids is 1. The summed E-state index contributed by atoms with van der Waals surface area (Å²) in [5.74, 6) is -1.01. The molecule has 12 nitrogen and oxygen atoms in total. The molecule has 1 aromatic carbocycles. The molecule has 0 radical (unpaired) electrons. The average molecular weight is 493 g/mol. The van der Waals surface area contributed by atoms with Crippen molar-refractivity contribution in [1.29, 1.82) is 0 Å². The lowest BCUT2D eigenvalue weighted by Gasteiger charge is -2.25. The number of anilines is 2. The minimum atomic E-state index is -0.662. The number of nitrogens with zero attached hydrogens (tertiary/aromatic N) is 5. The SMILES string of the molecule is CCOC(=O)CN(Cc1ccccc1CN1CCCC1)c1nc(SOOC)nc(N)c1[N+](=O)[O-]. The van der Waals surface area contributed by atoms with Crippen LogP contribution in [0.4, 0.5) is 17.3 Å². The van der Waals surface area contributed by atoms with Gasteiger partial charge in [0.05, 0.1) is 18.6 Å². The number of hydrogen-bond acceptors (Lipinski definition) is 12. The first-order valence-corrected chi connectivity index (χ1v) is 11.6. The van der Waals surface area contributed by atoms with Gasteiger partial charge in [0.25, 0.3) is 0 Å². The third kappa shape index (κ3) is 6.76. The maximum absolute atomic E-state index is 12.4. The summed E-state index contributed by atoms with van der Waals surface area (Å²) in [6.45, 7) is 4.57. The van der Waals surface area contributed by atoms with Crippen LogP contribution in [0.2, 0.25) is 0 Å². The minimum Gasteiger partial charge on any atom is -0.465 e. The van der Waals surface area contributed by atoms with Gasteiger partial charge in [-0.3, -0.25) is 19.8 Å². The quantitative estimate of drug-likeness (QED) is 0.116. The van der Waals surface area contributed by atoms with Gasteiger partial charge in [-0.1, -0.05) is 24.3 Å². The van der Waals surface area contributed by atoms with Gasteiger partial charge in [0, 0.05) is 13.1 Å². The van der Waals surface area contributed by atoms with Crippen molar-refractivity contribution >= 4 is 35.3 Å². The summed E-state index contributed by atoms with van der Waals surface area (Å²) in [7, 11) is 1.30. The molecule has 3 rings (SSSR count). The van der Waals surface area contributed by atoms with Crippen LogP contribution in [0.3, 0.4) is 0 Å². The molecule has 0 bridgehead atoms. The van der Waals surface area contributed by atoms with E-state index >= 15 is 0 Å². The second-order valence-corrected chi connectivity index (χ2v) is 8.22. The van der Waals surface area contributed by atoms with Gasteiger partial charge in [-0.05, 0) is 44.0 Å². The van der Waals surface area contributed by atoms with Crippen LogP contribution in [0.15, 0.2) is 29.4 Å². The number of nitrogen functional groups attached to an aromatic ring is 1. The van der Waals surface area contributed by atoms with Gasteiger partial charge in [0.2, 0.25) is 16.8 Å². The third-order valence-electron chi connectivity index (χ3n) is 5.23. The highest BCUT2D eigenvalue weighted by atomic mass is 32.2. The van der Waals surface area contributed by atoms with E-state index in [1.165, 1.54) is 12.0 Å². The fourth-order valence-electron chi connectivity index (χ4n) is 3.76. The molecule has 184 valence electrons. The van der Waals surface area contributed by atoms with E-state index in [-0.39, 0.29) is 36.5 Å². The van der Waals surface area contributed by atoms with Gasteiger partial charge in [-0.2, -0.15) is 14.3 Å². The minimum absolute atomic E-state index is 0.000777. The Balaban J connectivity index is 2.01. The molecule has 13 heteroatoms. The van der Waals surface area contributed by atoms with Gasteiger partial charge in [0.15, 0.2) is 0 Å². The second kappa shape index (κ2) is 12.5. The smallest absolute Gasteiger partial charge is 0.353 e. The van der Waals surface area contributed by atoms with Crippen LogP contribution in [0.25, 0.3) is 0 Å². The summed E-state index contributed by atoms with van der Waals surface area (Å²) in [6, 6.07) is 7.80. The Hall–Kier alpha value is -3.00.